The van der Waals surface area contributed by atoms with Crippen molar-refractivity contribution in [2.45, 2.75) is 33.1 Å². The minimum Gasteiger partial charge on any atom is -0.491 e. The van der Waals surface area contributed by atoms with Crippen molar-refractivity contribution in [1.82, 2.24) is 10.3 Å². The largest absolute Gasteiger partial charge is 0.491 e. The Morgan fingerprint density at radius 3 is 2.69 bits per heavy atom. The Balaban J connectivity index is 2.15. The zero-order chi connectivity index (χ0) is 20.8. The molecule has 6 heteroatoms. The molecule has 0 aliphatic heterocycles. The molecule has 0 spiro atoms. The summed E-state index contributed by atoms with van der Waals surface area (Å²) >= 11 is 0. The van der Waals surface area contributed by atoms with Crippen LogP contribution in [0.5, 0.6) is 5.75 Å². The van der Waals surface area contributed by atoms with Crippen molar-refractivity contribution in [1.29, 1.82) is 5.41 Å². The highest BCUT2D eigenvalue weighted by Gasteiger charge is 2.17. The van der Waals surface area contributed by atoms with Crippen LogP contribution in [0.2, 0.25) is 0 Å². The number of nitrogens with zero attached hydrogens (tertiary/aromatic N) is 1. The quantitative estimate of drug-likeness (QED) is 0.316. The van der Waals surface area contributed by atoms with Gasteiger partial charge in [-0.15, -0.1) is 0 Å². The molecule has 1 amide bonds. The van der Waals surface area contributed by atoms with Crippen LogP contribution in [0.25, 0.3) is 22.2 Å². The van der Waals surface area contributed by atoms with Crippen molar-refractivity contribution in [2.75, 3.05) is 6.61 Å². The Kier molecular flexibility index (Phi) is 6.44. The summed E-state index contributed by atoms with van der Waals surface area (Å²) in [5.41, 5.74) is 9.08. The third kappa shape index (κ3) is 4.71. The number of nitrogens with two attached hydrogens (primary N) is 1. The van der Waals surface area contributed by atoms with E-state index in [0.717, 1.165) is 30.4 Å². The van der Waals surface area contributed by atoms with E-state index in [1.807, 2.05) is 49.4 Å². The Bertz CT molecular complexity index is 1050. The number of carbonyl (C=O) groups is 1. The highest BCUT2D eigenvalue weighted by atomic mass is 16.5. The van der Waals surface area contributed by atoms with Crippen LogP contribution in [0.15, 0.2) is 48.5 Å². The van der Waals surface area contributed by atoms with Crippen LogP contribution in [0.4, 0.5) is 0 Å². The highest BCUT2D eigenvalue weighted by molar-refractivity contribution is 6.13. The lowest BCUT2D eigenvalue weighted by molar-refractivity contribution is 0.0978. The van der Waals surface area contributed by atoms with E-state index in [4.69, 9.17) is 20.9 Å². The van der Waals surface area contributed by atoms with E-state index in [2.05, 4.69) is 12.2 Å². The fraction of sp³-hybridized carbons (Fsp3) is 0.261. The first kappa shape index (κ1) is 20.3. The maximum Gasteiger partial charge on any atom is 0.258 e. The monoisotopic (exact) mass is 390 g/mol. The minimum atomic E-state index is -0.442. The van der Waals surface area contributed by atoms with Crippen molar-refractivity contribution >= 4 is 22.8 Å². The molecule has 0 radical (unpaired) electrons. The number of unbranched alkanes of at least 4 members (excludes halogenated alkanes) is 2. The third-order valence-electron chi connectivity index (χ3n) is 4.72. The molecule has 1 heterocycles. The molecular weight excluding hydrogens is 364 g/mol. The number of guanidine groups is 1. The predicted molar refractivity (Wildman–Crippen MR) is 116 cm³/mol. The minimum absolute atomic E-state index is 0.399. The molecule has 3 aromatic rings. The smallest absolute Gasteiger partial charge is 0.258 e. The lowest BCUT2D eigenvalue weighted by Gasteiger charge is -2.14. The first-order chi connectivity index (χ1) is 14.0. The first-order valence-electron chi connectivity index (χ1n) is 9.79. The highest BCUT2D eigenvalue weighted by Crippen LogP contribution is 2.31. The standard InChI is InChI=1S/C23H26N4O2/c1-3-4-7-13-29-20-12-8-11-17-18(22(28)27-23(24)25)14-19(26-21(17)20)16-10-6-5-9-15(16)2/h5-6,8-12,14H,3-4,7,13H2,1-2H3,(H4,24,25,27,28). The average Bonchev–Trinajstić information content (AvgIpc) is 2.70. The summed E-state index contributed by atoms with van der Waals surface area (Å²) in [4.78, 5) is 17.6. The number of carbonyl (C=O) groups excluding carboxylic acids is 1. The molecule has 0 bridgehead atoms. The maximum absolute atomic E-state index is 12.7. The van der Waals surface area contributed by atoms with Gasteiger partial charge in [-0.2, -0.15) is 0 Å². The summed E-state index contributed by atoms with van der Waals surface area (Å²) in [6.07, 6.45) is 3.17. The average molecular weight is 390 g/mol. The first-order valence-corrected chi connectivity index (χ1v) is 9.79. The lowest BCUT2D eigenvalue weighted by Crippen LogP contribution is -2.35. The summed E-state index contributed by atoms with van der Waals surface area (Å²) in [5.74, 6) is -0.196. The molecule has 0 unspecified atom stereocenters. The van der Waals surface area contributed by atoms with Crippen LogP contribution in [0.3, 0.4) is 0 Å². The van der Waals surface area contributed by atoms with Gasteiger partial charge in [0.2, 0.25) is 0 Å². The zero-order valence-corrected chi connectivity index (χ0v) is 16.8. The number of aryl methyl sites for hydroxylation is 1. The van der Waals surface area contributed by atoms with Crippen molar-refractivity contribution in [3.63, 3.8) is 0 Å². The molecule has 0 fully saturated rings. The normalized spacial score (nSPS) is 10.7. The molecule has 0 saturated heterocycles. The van der Waals surface area contributed by atoms with Gasteiger partial charge in [-0.1, -0.05) is 56.2 Å². The van der Waals surface area contributed by atoms with Gasteiger partial charge in [0.1, 0.15) is 11.3 Å². The van der Waals surface area contributed by atoms with E-state index >= 15 is 0 Å². The van der Waals surface area contributed by atoms with Crippen molar-refractivity contribution in [3.8, 4) is 17.0 Å². The van der Waals surface area contributed by atoms with Crippen LogP contribution < -0.4 is 15.8 Å². The number of ether oxygens (including phenoxy) is 1. The molecule has 6 nitrogen and oxygen atoms in total. The van der Waals surface area contributed by atoms with Gasteiger partial charge in [0, 0.05) is 10.9 Å². The maximum atomic E-state index is 12.7. The van der Waals surface area contributed by atoms with Gasteiger partial charge in [0.25, 0.3) is 5.91 Å². The van der Waals surface area contributed by atoms with Crippen molar-refractivity contribution < 1.29 is 9.53 Å². The molecule has 0 aliphatic rings. The van der Waals surface area contributed by atoms with E-state index < -0.39 is 11.9 Å². The van der Waals surface area contributed by atoms with Gasteiger partial charge in [-0.3, -0.25) is 15.5 Å². The molecule has 150 valence electrons. The second-order valence-corrected chi connectivity index (χ2v) is 6.95. The number of aromatic nitrogens is 1. The van der Waals surface area contributed by atoms with Gasteiger partial charge >= 0.3 is 0 Å². The summed E-state index contributed by atoms with van der Waals surface area (Å²) in [6, 6.07) is 15.2. The number of amides is 1. The van der Waals surface area contributed by atoms with Gasteiger partial charge in [-0.25, -0.2) is 4.98 Å². The molecule has 4 N–H and O–H groups in total. The number of rotatable bonds is 7. The van der Waals surface area contributed by atoms with E-state index in [1.54, 1.807) is 6.07 Å². The van der Waals surface area contributed by atoms with Crippen molar-refractivity contribution in [2.24, 2.45) is 5.73 Å². The van der Waals surface area contributed by atoms with E-state index in [-0.39, 0.29) is 0 Å². The van der Waals surface area contributed by atoms with Gasteiger partial charge in [-0.05, 0) is 31.0 Å². The van der Waals surface area contributed by atoms with Gasteiger partial charge < -0.3 is 10.5 Å². The van der Waals surface area contributed by atoms with Crippen molar-refractivity contribution in [3.05, 3.63) is 59.7 Å². The SMILES string of the molecule is CCCCCOc1cccc2c(C(=O)NC(=N)N)cc(-c3ccccc3C)nc12. The van der Waals surface area contributed by atoms with E-state index in [9.17, 15) is 4.79 Å². The number of hydrogen-bond acceptors (Lipinski definition) is 4. The second kappa shape index (κ2) is 9.19. The topological polar surface area (TPSA) is 101 Å². The fourth-order valence-corrected chi connectivity index (χ4v) is 3.25. The Hall–Kier alpha value is -3.41. The number of fused-ring (bicyclic) bond motifs is 1. The van der Waals surface area contributed by atoms with Crippen LogP contribution in [-0.4, -0.2) is 23.5 Å². The van der Waals surface area contributed by atoms with Crippen LogP contribution in [0, 0.1) is 12.3 Å². The molecule has 29 heavy (non-hydrogen) atoms. The van der Waals surface area contributed by atoms with Crippen LogP contribution in [0.1, 0.15) is 42.1 Å². The molecule has 3 rings (SSSR count). The number of pyridine rings is 1. The van der Waals surface area contributed by atoms with Crippen LogP contribution >= 0.6 is 0 Å². The summed E-state index contributed by atoms with van der Waals surface area (Å²) in [5, 5.41) is 10.5. The summed E-state index contributed by atoms with van der Waals surface area (Å²) < 4.78 is 6.00. The molecule has 2 aromatic carbocycles. The molecule has 0 atom stereocenters. The lowest BCUT2D eigenvalue weighted by atomic mass is 10.0. The Morgan fingerprint density at radius 2 is 1.97 bits per heavy atom. The fourth-order valence-electron chi connectivity index (χ4n) is 3.25. The molecule has 0 aliphatic carbocycles. The predicted octanol–water partition coefficient (Wildman–Crippen LogP) is 4.40. The number of benzene rings is 2. The Morgan fingerprint density at radius 1 is 1.17 bits per heavy atom. The second-order valence-electron chi connectivity index (χ2n) is 6.95. The molecule has 0 saturated carbocycles. The third-order valence-corrected chi connectivity index (χ3v) is 4.72. The van der Waals surface area contributed by atoms with E-state index in [1.165, 1.54) is 0 Å². The number of hydrogen-bond donors (Lipinski definition) is 3. The van der Waals surface area contributed by atoms with Gasteiger partial charge in [0.05, 0.1) is 17.9 Å². The zero-order valence-electron chi connectivity index (χ0n) is 16.8. The summed E-state index contributed by atoms with van der Waals surface area (Å²) in [7, 11) is 0. The summed E-state index contributed by atoms with van der Waals surface area (Å²) in [6.45, 7) is 4.75. The number of para-hydroxylation sites is 1. The number of nitrogens with one attached hydrogen (secondary N) is 2. The Labute approximate surface area is 170 Å². The van der Waals surface area contributed by atoms with Gasteiger partial charge in [0.15, 0.2) is 5.96 Å². The molecule has 1 aromatic heterocycles. The molecular formula is C23H26N4O2. The van der Waals surface area contributed by atoms with E-state index in [0.29, 0.717) is 34.5 Å². The van der Waals surface area contributed by atoms with Crippen LogP contribution in [-0.2, 0) is 0 Å².